The molecular weight excluding hydrogens is 397 g/mol. The summed E-state index contributed by atoms with van der Waals surface area (Å²) in [5.41, 5.74) is 7.77. The number of hydrogen-bond donors (Lipinski definition) is 3. The van der Waals surface area contributed by atoms with E-state index >= 15 is 0 Å². The van der Waals surface area contributed by atoms with Gasteiger partial charge in [0.2, 0.25) is 11.9 Å². The largest absolute Gasteiger partial charge is 0.492 e. The second-order valence-electron chi connectivity index (χ2n) is 7.38. The fourth-order valence-electron chi connectivity index (χ4n) is 3.68. The van der Waals surface area contributed by atoms with Crippen LogP contribution in [0.4, 0.5) is 27.7 Å². The molecule has 1 saturated heterocycles. The number of ether oxygens (including phenoxy) is 1. The Kier molecular flexibility index (Phi) is 6.42. The number of nitrogen functional groups attached to an aromatic ring is 1. The molecule has 4 rings (SSSR count). The number of nitrogens with one attached hydrogen (secondary N) is 2. The molecule has 1 aliphatic heterocycles. The molecule has 4 N–H and O–H groups in total. The maximum Gasteiger partial charge on any atom is 0.232 e. The fourth-order valence-corrected chi connectivity index (χ4v) is 3.68. The van der Waals surface area contributed by atoms with E-state index < -0.39 is 0 Å². The van der Waals surface area contributed by atoms with Crippen molar-refractivity contribution in [2.45, 2.75) is 13.5 Å². The predicted octanol–water partition coefficient (Wildman–Crippen LogP) is 1.64. The fraction of sp³-hybridized carbons (Fsp3) is 0.318. The van der Waals surface area contributed by atoms with E-state index in [-0.39, 0.29) is 11.8 Å². The Morgan fingerprint density at radius 3 is 2.55 bits per heavy atom. The van der Waals surface area contributed by atoms with Crippen molar-refractivity contribution in [1.29, 1.82) is 0 Å². The van der Waals surface area contributed by atoms with Crippen molar-refractivity contribution in [3.05, 3.63) is 60.2 Å². The molecule has 0 unspecified atom stereocenters. The van der Waals surface area contributed by atoms with Crippen LogP contribution in [0.2, 0.25) is 0 Å². The Morgan fingerprint density at radius 2 is 1.81 bits per heavy atom. The van der Waals surface area contributed by atoms with Crippen molar-refractivity contribution < 1.29 is 14.0 Å². The zero-order chi connectivity index (χ0) is 21.6. The highest BCUT2D eigenvalue weighted by atomic mass is 19.1. The van der Waals surface area contributed by atoms with E-state index in [0.29, 0.717) is 24.9 Å². The molecule has 1 aromatic heterocycles. The molecule has 1 aliphatic rings. The van der Waals surface area contributed by atoms with Crippen molar-refractivity contribution in [3.63, 3.8) is 0 Å². The zero-order valence-electron chi connectivity index (χ0n) is 17.5. The standard InChI is InChI=1S/C22H26FN7O/c1-2-31-19-6-4-3-5-18(19)25-22-27-20(26-21(24)28-22)15-29-11-13-30(14-12-29)17-9-7-16(23)8-10-17/h3-10H,2,11-15H2,1H3,(H3,24,25,26,27,28)/p+1. The van der Waals surface area contributed by atoms with Gasteiger partial charge in [0.1, 0.15) is 18.1 Å². The number of anilines is 4. The van der Waals surface area contributed by atoms with E-state index in [1.807, 2.05) is 43.3 Å². The van der Waals surface area contributed by atoms with Gasteiger partial charge in [-0.15, -0.1) is 0 Å². The Balaban J connectivity index is 1.40. The number of piperazine rings is 1. The number of hydrogen-bond acceptors (Lipinski definition) is 7. The predicted molar refractivity (Wildman–Crippen MR) is 118 cm³/mol. The SMILES string of the molecule is CCOc1ccccc1Nc1nc(N)nc(C[NH+]2CCN(c3ccc(F)cc3)CC2)n1. The number of benzene rings is 2. The van der Waals surface area contributed by atoms with Crippen LogP contribution < -0.4 is 25.6 Å². The number of aromatic nitrogens is 3. The van der Waals surface area contributed by atoms with E-state index in [1.165, 1.54) is 17.0 Å². The van der Waals surface area contributed by atoms with E-state index in [4.69, 9.17) is 10.5 Å². The number of halogens is 1. The van der Waals surface area contributed by atoms with Crippen LogP contribution in [-0.4, -0.2) is 47.7 Å². The van der Waals surface area contributed by atoms with Gasteiger partial charge in [-0.2, -0.15) is 15.0 Å². The first-order chi connectivity index (χ1) is 15.1. The summed E-state index contributed by atoms with van der Waals surface area (Å²) < 4.78 is 18.8. The molecule has 162 valence electrons. The van der Waals surface area contributed by atoms with Crippen LogP contribution in [0.3, 0.4) is 0 Å². The lowest BCUT2D eigenvalue weighted by Gasteiger charge is -2.33. The second kappa shape index (κ2) is 9.57. The molecule has 0 atom stereocenters. The van der Waals surface area contributed by atoms with Crippen LogP contribution in [-0.2, 0) is 6.54 Å². The summed E-state index contributed by atoms with van der Waals surface area (Å²) >= 11 is 0. The number of nitrogens with two attached hydrogens (primary N) is 1. The van der Waals surface area contributed by atoms with Crippen molar-refractivity contribution >= 4 is 23.3 Å². The van der Waals surface area contributed by atoms with Crippen molar-refractivity contribution in [2.24, 2.45) is 0 Å². The quantitative estimate of drug-likeness (QED) is 0.531. The van der Waals surface area contributed by atoms with Crippen LogP contribution in [0.5, 0.6) is 5.75 Å². The average Bonchev–Trinajstić information content (AvgIpc) is 2.76. The maximum absolute atomic E-state index is 13.2. The first-order valence-electron chi connectivity index (χ1n) is 10.4. The van der Waals surface area contributed by atoms with Crippen LogP contribution >= 0.6 is 0 Å². The Bertz CT molecular complexity index is 1010. The highest BCUT2D eigenvalue weighted by molar-refractivity contribution is 5.62. The number of nitrogens with zero attached hydrogens (tertiary/aromatic N) is 4. The second-order valence-corrected chi connectivity index (χ2v) is 7.38. The molecule has 8 nitrogen and oxygen atoms in total. The zero-order valence-corrected chi connectivity index (χ0v) is 17.5. The molecule has 0 radical (unpaired) electrons. The van der Waals surface area contributed by atoms with Gasteiger partial charge in [0, 0.05) is 5.69 Å². The van der Waals surface area contributed by atoms with Crippen molar-refractivity contribution in [1.82, 2.24) is 15.0 Å². The maximum atomic E-state index is 13.2. The highest BCUT2D eigenvalue weighted by Gasteiger charge is 2.22. The van der Waals surface area contributed by atoms with Crippen molar-refractivity contribution in [3.8, 4) is 5.75 Å². The summed E-state index contributed by atoms with van der Waals surface area (Å²) in [7, 11) is 0. The third-order valence-corrected chi connectivity index (χ3v) is 5.20. The average molecular weight is 425 g/mol. The van der Waals surface area contributed by atoms with Gasteiger partial charge in [-0.3, -0.25) is 0 Å². The summed E-state index contributed by atoms with van der Waals surface area (Å²) in [6.45, 7) is 6.79. The van der Waals surface area contributed by atoms with E-state index in [9.17, 15) is 4.39 Å². The highest BCUT2D eigenvalue weighted by Crippen LogP contribution is 2.26. The minimum absolute atomic E-state index is 0.186. The number of rotatable bonds is 7. The molecule has 2 aromatic carbocycles. The Hall–Kier alpha value is -3.46. The monoisotopic (exact) mass is 424 g/mol. The molecule has 0 saturated carbocycles. The van der Waals surface area contributed by atoms with Gasteiger partial charge in [0.05, 0.1) is 38.5 Å². The Labute approximate surface area is 180 Å². The Morgan fingerprint density at radius 1 is 1.06 bits per heavy atom. The van der Waals surface area contributed by atoms with Gasteiger partial charge in [0.15, 0.2) is 5.82 Å². The van der Waals surface area contributed by atoms with Gasteiger partial charge in [0.25, 0.3) is 0 Å². The van der Waals surface area contributed by atoms with E-state index in [0.717, 1.165) is 43.3 Å². The summed E-state index contributed by atoms with van der Waals surface area (Å²) in [5.74, 6) is 1.75. The van der Waals surface area contributed by atoms with Gasteiger partial charge in [-0.05, 0) is 43.3 Å². The normalized spacial score (nSPS) is 14.5. The smallest absolute Gasteiger partial charge is 0.232 e. The molecule has 0 aliphatic carbocycles. The van der Waals surface area contributed by atoms with Crippen molar-refractivity contribution in [2.75, 3.05) is 48.7 Å². The molecule has 9 heteroatoms. The molecule has 3 aromatic rings. The lowest BCUT2D eigenvalue weighted by Crippen LogP contribution is -3.13. The summed E-state index contributed by atoms with van der Waals surface area (Å²) in [4.78, 5) is 16.7. The third-order valence-electron chi connectivity index (χ3n) is 5.20. The topological polar surface area (TPSA) is 93.6 Å². The first kappa shape index (κ1) is 20.8. The van der Waals surface area contributed by atoms with E-state index in [1.54, 1.807) is 0 Å². The molecule has 0 bridgehead atoms. The minimum atomic E-state index is -0.214. The minimum Gasteiger partial charge on any atom is -0.492 e. The summed E-state index contributed by atoms with van der Waals surface area (Å²) in [6, 6.07) is 14.3. The molecular formula is C22H27FN7O+. The lowest BCUT2D eigenvalue weighted by molar-refractivity contribution is -0.915. The van der Waals surface area contributed by atoms with Crippen LogP contribution in [0.15, 0.2) is 48.5 Å². The molecule has 1 fully saturated rings. The van der Waals surface area contributed by atoms with E-state index in [2.05, 4.69) is 25.2 Å². The third kappa shape index (κ3) is 5.37. The molecule has 0 amide bonds. The molecule has 31 heavy (non-hydrogen) atoms. The van der Waals surface area contributed by atoms with Crippen LogP contribution in [0, 0.1) is 5.82 Å². The summed E-state index contributed by atoms with van der Waals surface area (Å²) in [6.07, 6.45) is 0. The number of quaternary nitrogens is 1. The summed E-state index contributed by atoms with van der Waals surface area (Å²) in [5, 5.41) is 3.19. The van der Waals surface area contributed by atoms with Gasteiger partial charge < -0.3 is 25.6 Å². The van der Waals surface area contributed by atoms with Crippen LogP contribution in [0.1, 0.15) is 12.7 Å². The molecule has 0 spiro atoms. The van der Waals surface area contributed by atoms with Gasteiger partial charge in [-0.25, -0.2) is 4.39 Å². The van der Waals surface area contributed by atoms with Crippen LogP contribution in [0.25, 0.3) is 0 Å². The molecule has 2 heterocycles. The van der Waals surface area contributed by atoms with Gasteiger partial charge >= 0.3 is 0 Å². The lowest BCUT2D eigenvalue weighted by atomic mass is 10.2. The first-order valence-corrected chi connectivity index (χ1v) is 10.4. The number of para-hydroxylation sites is 2. The van der Waals surface area contributed by atoms with Gasteiger partial charge in [-0.1, -0.05) is 12.1 Å².